The first-order valence-electron chi connectivity index (χ1n) is 5.24. The monoisotopic (exact) mass is 219 g/mol. The van der Waals surface area contributed by atoms with Gasteiger partial charge in [0.05, 0.1) is 12.1 Å². The normalized spacial score (nSPS) is 10.9. The number of hydrogen-bond donors (Lipinski definition) is 0. The van der Waals surface area contributed by atoms with Gasteiger partial charge in [-0.3, -0.25) is 0 Å². The standard InChI is InChI=1S/C13H17NO2/c1-13(2,16-3)8-11-6-4-5-7-12(11)9-14-10-15/h4-7H,8-9H2,1-3H3. The highest BCUT2D eigenvalue weighted by Crippen LogP contribution is 2.19. The topological polar surface area (TPSA) is 38.7 Å². The van der Waals surface area contributed by atoms with Crippen LogP contribution in [-0.4, -0.2) is 18.8 Å². The smallest absolute Gasteiger partial charge is 0.235 e. The van der Waals surface area contributed by atoms with Gasteiger partial charge < -0.3 is 4.74 Å². The van der Waals surface area contributed by atoms with Crippen LogP contribution in [0.5, 0.6) is 0 Å². The van der Waals surface area contributed by atoms with Crippen LogP contribution in [-0.2, 0) is 22.5 Å². The molecule has 0 bridgehead atoms. The maximum atomic E-state index is 10.1. The summed E-state index contributed by atoms with van der Waals surface area (Å²) >= 11 is 0. The van der Waals surface area contributed by atoms with E-state index in [0.717, 1.165) is 17.5 Å². The molecule has 0 N–H and O–H groups in total. The number of isocyanates is 1. The molecule has 0 unspecified atom stereocenters. The van der Waals surface area contributed by atoms with Crippen molar-refractivity contribution in [2.75, 3.05) is 7.11 Å². The van der Waals surface area contributed by atoms with Crippen molar-refractivity contribution in [1.29, 1.82) is 0 Å². The Kier molecular flexibility index (Phi) is 4.41. The largest absolute Gasteiger partial charge is 0.378 e. The van der Waals surface area contributed by atoms with Crippen molar-refractivity contribution < 1.29 is 9.53 Å². The number of hydrogen-bond acceptors (Lipinski definition) is 3. The van der Waals surface area contributed by atoms with E-state index in [1.807, 2.05) is 38.1 Å². The molecule has 1 aromatic carbocycles. The highest BCUT2D eigenvalue weighted by molar-refractivity contribution is 5.35. The molecular weight excluding hydrogens is 202 g/mol. The average molecular weight is 219 g/mol. The lowest BCUT2D eigenvalue weighted by Crippen LogP contribution is -2.26. The van der Waals surface area contributed by atoms with E-state index in [4.69, 9.17) is 4.74 Å². The summed E-state index contributed by atoms with van der Waals surface area (Å²) < 4.78 is 5.39. The second-order valence-corrected chi connectivity index (χ2v) is 4.32. The molecule has 1 rings (SSSR count). The minimum atomic E-state index is -0.207. The predicted molar refractivity (Wildman–Crippen MR) is 63.1 cm³/mol. The van der Waals surface area contributed by atoms with Crippen molar-refractivity contribution in [3.05, 3.63) is 35.4 Å². The number of nitrogens with zero attached hydrogens (tertiary/aromatic N) is 1. The number of ether oxygens (including phenoxy) is 1. The zero-order valence-corrected chi connectivity index (χ0v) is 9.99. The molecule has 0 atom stereocenters. The van der Waals surface area contributed by atoms with Gasteiger partial charge in [-0.05, 0) is 25.0 Å². The number of carbonyl (C=O) groups excluding carboxylic acids is 1. The number of methoxy groups -OCH3 is 1. The molecule has 0 aliphatic rings. The molecule has 0 aromatic heterocycles. The molecule has 0 heterocycles. The van der Waals surface area contributed by atoms with Gasteiger partial charge in [0.25, 0.3) is 0 Å². The predicted octanol–water partition coefficient (Wildman–Crippen LogP) is 2.49. The van der Waals surface area contributed by atoms with E-state index in [9.17, 15) is 4.79 Å². The Labute approximate surface area is 96.2 Å². The van der Waals surface area contributed by atoms with Crippen molar-refractivity contribution in [2.24, 2.45) is 4.99 Å². The van der Waals surface area contributed by atoms with Gasteiger partial charge in [-0.15, -0.1) is 0 Å². The van der Waals surface area contributed by atoms with E-state index in [-0.39, 0.29) is 5.60 Å². The molecule has 0 fully saturated rings. The summed E-state index contributed by atoms with van der Waals surface area (Å²) in [7, 11) is 1.70. The molecular formula is C13H17NO2. The lowest BCUT2D eigenvalue weighted by molar-refractivity contribution is 0.0230. The Hall–Kier alpha value is -1.44. The van der Waals surface area contributed by atoms with Crippen LogP contribution in [0.4, 0.5) is 0 Å². The minimum Gasteiger partial charge on any atom is -0.378 e. The molecule has 0 amide bonds. The second kappa shape index (κ2) is 5.59. The van der Waals surface area contributed by atoms with Crippen LogP contribution in [0.25, 0.3) is 0 Å². The van der Waals surface area contributed by atoms with Gasteiger partial charge in [-0.1, -0.05) is 24.3 Å². The Bertz CT molecular complexity index is 393. The van der Waals surface area contributed by atoms with Gasteiger partial charge in [-0.2, -0.15) is 0 Å². The molecule has 86 valence electrons. The average Bonchev–Trinajstić information content (AvgIpc) is 2.27. The summed E-state index contributed by atoms with van der Waals surface area (Å²) in [5.74, 6) is 0. The first kappa shape index (κ1) is 12.6. The summed E-state index contributed by atoms with van der Waals surface area (Å²) in [6, 6.07) is 7.94. The maximum Gasteiger partial charge on any atom is 0.235 e. The zero-order chi connectivity index (χ0) is 12.0. The first-order chi connectivity index (χ1) is 7.59. The summed E-state index contributed by atoms with van der Waals surface area (Å²) in [6.07, 6.45) is 2.36. The third kappa shape index (κ3) is 3.61. The lowest BCUT2D eigenvalue weighted by atomic mass is 9.94. The Morgan fingerprint density at radius 2 is 1.94 bits per heavy atom. The van der Waals surface area contributed by atoms with Gasteiger partial charge in [0.2, 0.25) is 6.08 Å². The van der Waals surface area contributed by atoms with E-state index < -0.39 is 0 Å². The molecule has 0 saturated carbocycles. The third-order valence-corrected chi connectivity index (χ3v) is 2.60. The fourth-order valence-electron chi connectivity index (χ4n) is 1.53. The van der Waals surface area contributed by atoms with E-state index in [1.54, 1.807) is 13.2 Å². The summed E-state index contributed by atoms with van der Waals surface area (Å²) in [4.78, 5) is 13.7. The van der Waals surface area contributed by atoms with Gasteiger partial charge in [0.1, 0.15) is 0 Å². The highest BCUT2D eigenvalue weighted by Gasteiger charge is 2.18. The van der Waals surface area contributed by atoms with Crippen LogP contribution in [0.15, 0.2) is 29.3 Å². The molecule has 16 heavy (non-hydrogen) atoms. The fraction of sp³-hybridized carbons (Fsp3) is 0.462. The lowest BCUT2D eigenvalue weighted by Gasteiger charge is -2.24. The van der Waals surface area contributed by atoms with Crippen LogP contribution in [0.3, 0.4) is 0 Å². The number of benzene rings is 1. The molecule has 0 spiro atoms. The Morgan fingerprint density at radius 3 is 2.50 bits per heavy atom. The third-order valence-electron chi connectivity index (χ3n) is 2.60. The second-order valence-electron chi connectivity index (χ2n) is 4.32. The Morgan fingerprint density at radius 1 is 1.31 bits per heavy atom. The van der Waals surface area contributed by atoms with Crippen LogP contribution in [0.2, 0.25) is 0 Å². The van der Waals surface area contributed by atoms with Crippen molar-refractivity contribution in [3.8, 4) is 0 Å². The fourth-order valence-corrected chi connectivity index (χ4v) is 1.53. The molecule has 0 aliphatic heterocycles. The summed E-state index contributed by atoms with van der Waals surface area (Å²) in [5.41, 5.74) is 2.00. The molecule has 3 nitrogen and oxygen atoms in total. The molecule has 0 saturated heterocycles. The van der Waals surface area contributed by atoms with E-state index in [1.165, 1.54) is 0 Å². The number of rotatable bonds is 5. The summed E-state index contributed by atoms with van der Waals surface area (Å²) in [5, 5.41) is 0. The quantitative estimate of drug-likeness (QED) is 0.563. The molecule has 0 radical (unpaired) electrons. The van der Waals surface area contributed by atoms with E-state index in [0.29, 0.717) is 6.54 Å². The molecule has 1 aromatic rings. The van der Waals surface area contributed by atoms with E-state index in [2.05, 4.69) is 4.99 Å². The van der Waals surface area contributed by atoms with Crippen LogP contribution >= 0.6 is 0 Å². The van der Waals surface area contributed by atoms with Gasteiger partial charge >= 0.3 is 0 Å². The van der Waals surface area contributed by atoms with Crippen LogP contribution < -0.4 is 0 Å². The highest BCUT2D eigenvalue weighted by atomic mass is 16.5. The van der Waals surface area contributed by atoms with Crippen LogP contribution in [0, 0.1) is 0 Å². The van der Waals surface area contributed by atoms with Crippen molar-refractivity contribution in [1.82, 2.24) is 0 Å². The number of aliphatic imine (C=N–C) groups is 1. The van der Waals surface area contributed by atoms with Gasteiger partial charge in [0.15, 0.2) is 0 Å². The summed E-state index contributed by atoms with van der Waals surface area (Å²) in [6.45, 7) is 4.46. The Balaban J connectivity index is 2.90. The van der Waals surface area contributed by atoms with E-state index >= 15 is 0 Å². The van der Waals surface area contributed by atoms with Crippen molar-refractivity contribution >= 4 is 6.08 Å². The minimum absolute atomic E-state index is 0.207. The molecule has 0 aliphatic carbocycles. The SMILES string of the molecule is COC(C)(C)Cc1ccccc1CN=C=O. The first-order valence-corrected chi connectivity index (χ1v) is 5.24. The zero-order valence-electron chi connectivity index (χ0n) is 9.99. The van der Waals surface area contributed by atoms with Crippen molar-refractivity contribution in [2.45, 2.75) is 32.4 Å². The van der Waals surface area contributed by atoms with Gasteiger partial charge in [0, 0.05) is 13.5 Å². The van der Waals surface area contributed by atoms with Crippen molar-refractivity contribution in [3.63, 3.8) is 0 Å². The maximum absolute atomic E-state index is 10.1. The van der Waals surface area contributed by atoms with Gasteiger partial charge in [-0.25, -0.2) is 9.79 Å². The van der Waals surface area contributed by atoms with Crippen LogP contribution in [0.1, 0.15) is 25.0 Å². The molecule has 3 heteroatoms.